The van der Waals surface area contributed by atoms with Crippen molar-refractivity contribution in [3.05, 3.63) is 35.4 Å². The molecular weight excluding hydrogens is 371 g/mol. The summed E-state index contributed by atoms with van der Waals surface area (Å²) in [4.78, 5) is 4.59. The highest BCUT2D eigenvalue weighted by atomic mass is 19.1. The van der Waals surface area contributed by atoms with Crippen molar-refractivity contribution in [1.82, 2.24) is 15.1 Å². The average molecular weight is 400 g/mol. The SMILES string of the molecule is Cc1cc(C)c(-c2ccc(N3CCO[C@@H]4CCN(CCCF)C[C@@H]43)nn2)c(O)c1. The van der Waals surface area contributed by atoms with E-state index >= 15 is 0 Å². The number of aromatic nitrogens is 2. The molecule has 0 amide bonds. The molecule has 29 heavy (non-hydrogen) atoms. The molecule has 0 saturated carbocycles. The molecule has 1 aromatic heterocycles. The molecular formula is C22H29FN4O2. The fraction of sp³-hybridized carbons (Fsp3) is 0.545. The molecule has 0 unspecified atom stereocenters. The van der Waals surface area contributed by atoms with E-state index in [9.17, 15) is 9.50 Å². The molecule has 2 fully saturated rings. The van der Waals surface area contributed by atoms with Crippen LogP contribution in [-0.4, -0.2) is 71.8 Å². The summed E-state index contributed by atoms with van der Waals surface area (Å²) < 4.78 is 18.6. The number of phenols is 1. The van der Waals surface area contributed by atoms with Crippen LogP contribution in [0, 0.1) is 13.8 Å². The highest BCUT2D eigenvalue weighted by Gasteiger charge is 2.37. The Bertz CT molecular complexity index is 822. The summed E-state index contributed by atoms with van der Waals surface area (Å²) in [5.74, 6) is 1.05. The Morgan fingerprint density at radius 2 is 2.07 bits per heavy atom. The molecule has 0 aliphatic carbocycles. The third-order valence-corrected chi connectivity index (χ3v) is 5.94. The summed E-state index contributed by atoms with van der Waals surface area (Å²) in [7, 11) is 0. The lowest BCUT2D eigenvalue weighted by Gasteiger charge is -2.47. The van der Waals surface area contributed by atoms with E-state index < -0.39 is 0 Å². The number of hydrogen-bond acceptors (Lipinski definition) is 6. The highest BCUT2D eigenvalue weighted by molar-refractivity contribution is 5.71. The fourth-order valence-electron chi connectivity index (χ4n) is 4.60. The molecule has 2 atom stereocenters. The molecule has 156 valence electrons. The van der Waals surface area contributed by atoms with Gasteiger partial charge in [-0.25, -0.2) is 0 Å². The topological polar surface area (TPSA) is 61.7 Å². The molecule has 0 bridgehead atoms. The van der Waals surface area contributed by atoms with Crippen LogP contribution in [0.3, 0.4) is 0 Å². The fourth-order valence-corrected chi connectivity index (χ4v) is 4.60. The van der Waals surface area contributed by atoms with Crippen LogP contribution in [0.1, 0.15) is 24.0 Å². The van der Waals surface area contributed by atoms with Crippen molar-refractivity contribution < 1.29 is 14.2 Å². The molecule has 7 heteroatoms. The molecule has 2 aliphatic rings. The summed E-state index contributed by atoms with van der Waals surface area (Å²) in [5.41, 5.74) is 3.39. The number of morpholine rings is 1. The van der Waals surface area contributed by atoms with E-state index in [1.165, 1.54) is 0 Å². The highest BCUT2D eigenvalue weighted by Crippen LogP contribution is 2.33. The van der Waals surface area contributed by atoms with Gasteiger partial charge in [-0.05, 0) is 56.0 Å². The summed E-state index contributed by atoms with van der Waals surface area (Å²) in [6.07, 6.45) is 1.71. The quantitative estimate of drug-likeness (QED) is 0.832. The number of aromatic hydroxyl groups is 1. The van der Waals surface area contributed by atoms with Crippen molar-refractivity contribution in [3.63, 3.8) is 0 Å². The van der Waals surface area contributed by atoms with E-state index in [4.69, 9.17) is 4.74 Å². The predicted molar refractivity (Wildman–Crippen MR) is 111 cm³/mol. The molecule has 3 heterocycles. The van der Waals surface area contributed by atoms with E-state index in [1.54, 1.807) is 6.07 Å². The monoisotopic (exact) mass is 400 g/mol. The van der Waals surface area contributed by atoms with Crippen molar-refractivity contribution in [2.75, 3.05) is 44.4 Å². The van der Waals surface area contributed by atoms with Crippen molar-refractivity contribution in [2.45, 2.75) is 38.8 Å². The molecule has 2 saturated heterocycles. The van der Waals surface area contributed by atoms with Crippen LogP contribution < -0.4 is 4.90 Å². The number of piperidine rings is 1. The maximum atomic E-state index is 12.6. The van der Waals surface area contributed by atoms with Gasteiger partial charge >= 0.3 is 0 Å². The van der Waals surface area contributed by atoms with Crippen LogP contribution in [0.25, 0.3) is 11.3 Å². The van der Waals surface area contributed by atoms with Crippen LogP contribution in [-0.2, 0) is 4.74 Å². The average Bonchev–Trinajstić information content (AvgIpc) is 2.71. The van der Waals surface area contributed by atoms with Gasteiger partial charge < -0.3 is 19.6 Å². The van der Waals surface area contributed by atoms with E-state index in [2.05, 4.69) is 20.0 Å². The zero-order valence-corrected chi connectivity index (χ0v) is 17.1. The van der Waals surface area contributed by atoms with E-state index in [0.29, 0.717) is 18.7 Å². The largest absolute Gasteiger partial charge is 0.507 e. The lowest BCUT2D eigenvalue weighted by atomic mass is 9.98. The maximum Gasteiger partial charge on any atom is 0.151 e. The third kappa shape index (κ3) is 4.21. The molecule has 4 rings (SSSR count). The van der Waals surface area contributed by atoms with Crippen molar-refractivity contribution in [1.29, 1.82) is 0 Å². The Hall–Kier alpha value is -2.25. The van der Waals surface area contributed by atoms with Gasteiger partial charge in [0.25, 0.3) is 0 Å². The number of anilines is 1. The number of hydrogen-bond donors (Lipinski definition) is 1. The van der Waals surface area contributed by atoms with Crippen LogP contribution in [0.5, 0.6) is 5.75 Å². The molecule has 0 radical (unpaired) electrons. The van der Waals surface area contributed by atoms with E-state index in [1.807, 2.05) is 32.0 Å². The number of fused-ring (bicyclic) bond motifs is 1. The number of ether oxygens (including phenoxy) is 1. The molecule has 1 aromatic carbocycles. The van der Waals surface area contributed by atoms with Gasteiger partial charge in [-0.3, -0.25) is 4.39 Å². The first-order valence-corrected chi connectivity index (χ1v) is 10.4. The zero-order chi connectivity index (χ0) is 20.4. The Morgan fingerprint density at radius 3 is 2.79 bits per heavy atom. The number of benzene rings is 1. The van der Waals surface area contributed by atoms with Gasteiger partial charge in [0, 0.05) is 31.7 Å². The molecule has 2 aliphatic heterocycles. The lowest BCUT2D eigenvalue weighted by Crippen LogP contribution is -2.60. The van der Waals surface area contributed by atoms with Crippen LogP contribution in [0.2, 0.25) is 0 Å². The maximum absolute atomic E-state index is 12.6. The normalized spacial score (nSPS) is 22.5. The van der Waals surface area contributed by atoms with Crippen molar-refractivity contribution >= 4 is 5.82 Å². The minimum atomic E-state index is -0.275. The molecule has 1 N–H and O–H groups in total. The second-order valence-electron chi connectivity index (χ2n) is 8.05. The van der Waals surface area contributed by atoms with E-state index in [0.717, 1.165) is 55.1 Å². The molecule has 2 aromatic rings. The summed E-state index contributed by atoms with van der Waals surface area (Å²) in [6, 6.07) is 7.88. The Balaban J connectivity index is 1.55. The number of rotatable bonds is 5. The third-order valence-electron chi connectivity index (χ3n) is 5.94. The Kier molecular flexibility index (Phi) is 5.96. The first kappa shape index (κ1) is 20.0. The molecule has 6 nitrogen and oxygen atoms in total. The zero-order valence-electron chi connectivity index (χ0n) is 17.1. The van der Waals surface area contributed by atoms with Crippen LogP contribution in [0.15, 0.2) is 24.3 Å². The van der Waals surface area contributed by atoms with Gasteiger partial charge in [0.05, 0.1) is 31.1 Å². The van der Waals surface area contributed by atoms with Crippen molar-refractivity contribution in [3.8, 4) is 17.0 Å². The van der Waals surface area contributed by atoms with Crippen LogP contribution in [0.4, 0.5) is 10.2 Å². The van der Waals surface area contributed by atoms with Crippen LogP contribution >= 0.6 is 0 Å². The smallest absolute Gasteiger partial charge is 0.151 e. The first-order chi connectivity index (χ1) is 14.1. The second kappa shape index (κ2) is 8.63. The standard InChI is InChI=1S/C22H29FN4O2/c1-15-12-16(2)22(19(28)13-15)17-4-5-21(25-24-17)27-10-11-29-20-6-9-26(8-3-7-23)14-18(20)27/h4-5,12-13,18,20,28H,3,6-11,14H2,1-2H3/t18-,20+/m0/s1. The molecule has 0 spiro atoms. The van der Waals surface area contributed by atoms with Gasteiger partial charge in [0.15, 0.2) is 5.82 Å². The van der Waals surface area contributed by atoms with Gasteiger partial charge in [-0.1, -0.05) is 6.07 Å². The summed E-state index contributed by atoms with van der Waals surface area (Å²) in [6.45, 7) is 7.68. The summed E-state index contributed by atoms with van der Waals surface area (Å²) in [5, 5.41) is 19.3. The van der Waals surface area contributed by atoms with E-state index in [-0.39, 0.29) is 24.6 Å². The Morgan fingerprint density at radius 1 is 1.21 bits per heavy atom. The minimum absolute atomic E-state index is 0.176. The number of nitrogens with zero attached hydrogens (tertiary/aromatic N) is 4. The van der Waals surface area contributed by atoms with Crippen molar-refractivity contribution in [2.24, 2.45) is 0 Å². The number of likely N-dealkylation sites (tertiary alicyclic amines) is 1. The summed E-state index contributed by atoms with van der Waals surface area (Å²) >= 11 is 0. The number of aryl methyl sites for hydroxylation is 2. The first-order valence-electron chi connectivity index (χ1n) is 10.4. The lowest BCUT2D eigenvalue weighted by molar-refractivity contribution is -0.0294. The van der Waals surface area contributed by atoms with Gasteiger partial charge in [-0.15, -0.1) is 10.2 Å². The van der Waals surface area contributed by atoms with Gasteiger partial charge in [-0.2, -0.15) is 0 Å². The van der Waals surface area contributed by atoms with Gasteiger partial charge in [0.1, 0.15) is 5.75 Å². The Labute approximate surface area is 171 Å². The number of alkyl halides is 1. The second-order valence-corrected chi connectivity index (χ2v) is 8.05. The number of phenolic OH excluding ortho intramolecular Hbond substituents is 1. The minimum Gasteiger partial charge on any atom is -0.507 e. The predicted octanol–water partition coefficient (Wildman–Crippen LogP) is 3.11. The van der Waals surface area contributed by atoms with Gasteiger partial charge in [0.2, 0.25) is 0 Å². The number of halogens is 1.